The molecule has 3 heterocycles. The highest BCUT2D eigenvalue weighted by molar-refractivity contribution is 6.47. The van der Waals surface area contributed by atoms with Crippen LogP contribution >= 0.6 is 11.6 Å². The molecule has 0 amide bonds. The van der Waals surface area contributed by atoms with Crippen molar-refractivity contribution in [2.24, 2.45) is 5.41 Å². The molecule has 0 bridgehead atoms. The number of ether oxygens (including phenoxy) is 1. The molecule has 0 aliphatic heterocycles. The number of Topliss-reactive ketones (excluding diaryl/α,β-unsaturated/α-hetero) is 1. The van der Waals surface area contributed by atoms with Crippen LogP contribution in [0.1, 0.15) is 26.3 Å². The van der Waals surface area contributed by atoms with Crippen LogP contribution in [0, 0.1) is 5.41 Å². The monoisotopic (exact) mass is 515 g/mol. The number of imidazole rings is 1. The first-order valence-electron chi connectivity index (χ1n) is 12.0. The van der Waals surface area contributed by atoms with Crippen LogP contribution in [0.2, 0.25) is 0 Å². The second-order valence-electron chi connectivity index (χ2n) is 9.32. The minimum Gasteiger partial charge on any atom is -0.464 e. The molecule has 0 saturated heterocycles. The number of pyridine rings is 2. The lowest BCUT2D eigenvalue weighted by atomic mass is 9.74. The Morgan fingerprint density at radius 2 is 1.89 bits per heavy atom. The van der Waals surface area contributed by atoms with Crippen molar-refractivity contribution in [3.8, 4) is 17.1 Å². The highest BCUT2D eigenvalue weighted by atomic mass is 35.5. The third-order valence-electron chi connectivity index (χ3n) is 6.47. The summed E-state index contributed by atoms with van der Waals surface area (Å²) in [5.74, 6) is 0.190. The van der Waals surface area contributed by atoms with Gasteiger partial charge in [0.1, 0.15) is 22.4 Å². The third-order valence-corrected chi connectivity index (χ3v) is 6.83. The van der Waals surface area contributed by atoms with Gasteiger partial charge in [0.25, 0.3) is 0 Å². The molecule has 0 unspecified atom stereocenters. The van der Waals surface area contributed by atoms with Crippen molar-refractivity contribution in [1.29, 1.82) is 0 Å². The van der Waals surface area contributed by atoms with Gasteiger partial charge in [-0.05, 0) is 62.7 Å². The molecule has 0 radical (unpaired) electrons. The maximum absolute atomic E-state index is 12.8. The van der Waals surface area contributed by atoms with E-state index in [9.17, 15) is 9.59 Å². The molecule has 0 fully saturated rings. The van der Waals surface area contributed by atoms with Crippen molar-refractivity contribution < 1.29 is 14.3 Å². The molecule has 4 aromatic rings. The summed E-state index contributed by atoms with van der Waals surface area (Å²) in [6.07, 6.45) is 5.59. The van der Waals surface area contributed by atoms with Gasteiger partial charge in [0.15, 0.2) is 11.4 Å². The van der Waals surface area contributed by atoms with E-state index in [1.54, 1.807) is 39.4 Å². The standard InChI is InChI=1S/C28H26ClN5O3/c1-4-37-27(36)21(32-23-22(29)24(35)28(23,2)3)15-17-9-11-19(12-10-17)34-25(18-7-5-13-30-16-18)33-20-8-6-14-31-26(20)34/h5-14,16,21,32H,4,15H2,1-3H3/t21-/m0/s1. The molecule has 188 valence electrons. The number of carbonyl (C=O) groups is 2. The number of aromatic nitrogens is 4. The minimum atomic E-state index is -0.760. The number of allylic oxidation sites excluding steroid dienone is 2. The van der Waals surface area contributed by atoms with Crippen molar-refractivity contribution in [1.82, 2.24) is 24.8 Å². The first kappa shape index (κ1) is 24.6. The Balaban J connectivity index is 1.46. The zero-order valence-corrected chi connectivity index (χ0v) is 21.5. The van der Waals surface area contributed by atoms with E-state index in [1.165, 1.54) is 0 Å². The number of fused-ring (bicyclic) bond motifs is 1. The minimum absolute atomic E-state index is 0.136. The van der Waals surface area contributed by atoms with E-state index >= 15 is 0 Å². The smallest absolute Gasteiger partial charge is 0.328 e. The molecule has 9 heteroatoms. The molecule has 1 aliphatic rings. The highest BCUT2D eigenvalue weighted by Gasteiger charge is 2.47. The van der Waals surface area contributed by atoms with E-state index in [4.69, 9.17) is 21.3 Å². The van der Waals surface area contributed by atoms with Gasteiger partial charge >= 0.3 is 5.97 Å². The summed E-state index contributed by atoms with van der Waals surface area (Å²) < 4.78 is 7.28. The molecule has 0 saturated carbocycles. The van der Waals surface area contributed by atoms with Crippen LogP contribution in [0.3, 0.4) is 0 Å². The van der Waals surface area contributed by atoms with Crippen LogP contribution in [0.4, 0.5) is 0 Å². The van der Waals surface area contributed by atoms with Crippen LogP contribution in [0.15, 0.2) is 77.9 Å². The summed E-state index contributed by atoms with van der Waals surface area (Å²) in [6.45, 7) is 5.58. The van der Waals surface area contributed by atoms with Gasteiger partial charge in [0, 0.05) is 42.0 Å². The van der Waals surface area contributed by atoms with E-state index in [1.807, 2.05) is 53.1 Å². The summed E-state index contributed by atoms with van der Waals surface area (Å²) in [4.78, 5) is 38.5. The zero-order valence-electron chi connectivity index (χ0n) is 20.7. The van der Waals surface area contributed by atoms with Gasteiger partial charge in [0.2, 0.25) is 0 Å². The Morgan fingerprint density at radius 1 is 1.14 bits per heavy atom. The van der Waals surface area contributed by atoms with Crippen LogP contribution in [-0.2, 0) is 20.7 Å². The lowest BCUT2D eigenvalue weighted by Gasteiger charge is -2.38. The van der Waals surface area contributed by atoms with Gasteiger partial charge < -0.3 is 10.1 Å². The van der Waals surface area contributed by atoms with Crippen molar-refractivity contribution in [3.05, 3.63) is 83.4 Å². The van der Waals surface area contributed by atoms with Crippen molar-refractivity contribution in [2.75, 3.05) is 6.61 Å². The Bertz CT molecular complexity index is 1510. The Morgan fingerprint density at radius 3 is 2.57 bits per heavy atom. The number of halogens is 1. The average molecular weight is 516 g/mol. The molecular formula is C28H26ClN5O3. The SMILES string of the molecule is CCOC(=O)[C@H](Cc1ccc(-n2c(-c3cccnc3)nc3cccnc32)cc1)NC1=C(Cl)C(=O)C1(C)C. The fourth-order valence-corrected chi connectivity index (χ4v) is 4.96. The number of benzene rings is 1. The van der Waals surface area contributed by atoms with Gasteiger partial charge in [-0.2, -0.15) is 0 Å². The molecule has 1 aromatic carbocycles. The largest absolute Gasteiger partial charge is 0.464 e. The fraction of sp³-hybridized carbons (Fsp3) is 0.250. The summed E-state index contributed by atoms with van der Waals surface area (Å²) in [7, 11) is 0. The van der Waals surface area contributed by atoms with E-state index in [2.05, 4.69) is 15.3 Å². The molecule has 1 aliphatic carbocycles. The number of ketones is 1. The normalized spacial score (nSPS) is 15.4. The highest BCUT2D eigenvalue weighted by Crippen LogP contribution is 2.42. The number of nitrogens with one attached hydrogen (secondary N) is 1. The zero-order chi connectivity index (χ0) is 26.2. The van der Waals surface area contributed by atoms with Crippen LogP contribution in [-0.4, -0.2) is 43.9 Å². The maximum atomic E-state index is 12.8. The average Bonchev–Trinajstić information content (AvgIpc) is 3.31. The predicted molar refractivity (Wildman–Crippen MR) is 141 cm³/mol. The van der Waals surface area contributed by atoms with Crippen molar-refractivity contribution in [2.45, 2.75) is 33.2 Å². The topological polar surface area (TPSA) is 99.0 Å². The number of nitrogens with zero attached hydrogens (tertiary/aromatic N) is 4. The quantitative estimate of drug-likeness (QED) is 0.342. The van der Waals surface area contributed by atoms with Gasteiger partial charge in [0.05, 0.1) is 12.0 Å². The number of esters is 1. The number of rotatable bonds is 8. The van der Waals surface area contributed by atoms with Crippen molar-refractivity contribution >= 4 is 34.5 Å². The predicted octanol–water partition coefficient (Wildman–Crippen LogP) is 4.61. The summed E-state index contributed by atoms with van der Waals surface area (Å²) in [5.41, 5.74) is 3.98. The van der Waals surface area contributed by atoms with E-state index < -0.39 is 17.4 Å². The Hall–Kier alpha value is -4.04. The Labute approximate surface area is 219 Å². The first-order chi connectivity index (χ1) is 17.8. The molecule has 8 nitrogen and oxygen atoms in total. The van der Waals surface area contributed by atoms with Gasteiger partial charge in [-0.25, -0.2) is 14.8 Å². The van der Waals surface area contributed by atoms with Gasteiger partial charge in [-0.1, -0.05) is 23.7 Å². The summed E-state index contributed by atoms with van der Waals surface area (Å²) in [6, 6.07) is 14.8. The molecule has 1 atom stereocenters. The molecule has 5 rings (SSSR count). The lowest BCUT2D eigenvalue weighted by Crippen LogP contribution is -2.50. The van der Waals surface area contributed by atoms with E-state index in [-0.39, 0.29) is 17.4 Å². The second-order valence-corrected chi connectivity index (χ2v) is 9.70. The van der Waals surface area contributed by atoms with E-state index in [0.29, 0.717) is 12.1 Å². The summed E-state index contributed by atoms with van der Waals surface area (Å²) in [5, 5.41) is 3.31. The van der Waals surface area contributed by atoms with Gasteiger partial charge in [-0.15, -0.1) is 0 Å². The number of carbonyl (C=O) groups excluding carboxylic acids is 2. The Kier molecular flexibility index (Phi) is 6.52. The number of hydrogen-bond donors (Lipinski definition) is 1. The van der Waals surface area contributed by atoms with Crippen LogP contribution < -0.4 is 5.32 Å². The second kappa shape index (κ2) is 9.78. The molecule has 37 heavy (non-hydrogen) atoms. The third kappa shape index (κ3) is 4.49. The summed E-state index contributed by atoms with van der Waals surface area (Å²) >= 11 is 6.17. The molecular weight excluding hydrogens is 490 g/mol. The fourth-order valence-electron chi connectivity index (χ4n) is 4.43. The lowest BCUT2D eigenvalue weighted by molar-refractivity contribution is -0.145. The van der Waals surface area contributed by atoms with Crippen LogP contribution in [0.5, 0.6) is 0 Å². The maximum Gasteiger partial charge on any atom is 0.328 e. The van der Waals surface area contributed by atoms with Gasteiger partial charge in [-0.3, -0.25) is 14.3 Å². The first-order valence-corrected chi connectivity index (χ1v) is 12.4. The van der Waals surface area contributed by atoms with Crippen LogP contribution in [0.25, 0.3) is 28.2 Å². The van der Waals surface area contributed by atoms with Crippen molar-refractivity contribution in [3.63, 3.8) is 0 Å². The molecule has 0 spiro atoms. The number of hydrogen-bond acceptors (Lipinski definition) is 7. The molecule has 1 N–H and O–H groups in total. The van der Waals surface area contributed by atoms with E-state index in [0.717, 1.165) is 33.8 Å². The molecule has 3 aromatic heterocycles.